The molecule has 0 bridgehead atoms. The van der Waals surface area contributed by atoms with Gasteiger partial charge >= 0.3 is 0 Å². The summed E-state index contributed by atoms with van der Waals surface area (Å²) in [6.07, 6.45) is 0.335. The van der Waals surface area contributed by atoms with Crippen molar-refractivity contribution < 1.29 is 5.11 Å². The molecule has 0 aliphatic heterocycles. The van der Waals surface area contributed by atoms with Crippen LogP contribution in [0.1, 0.15) is 25.8 Å². The van der Waals surface area contributed by atoms with Crippen molar-refractivity contribution >= 4 is 5.69 Å². The number of aliphatic hydroxyl groups is 1. The molecule has 0 saturated heterocycles. The smallest absolute Gasteiger partial charge is 0.101 e. The van der Waals surface area contributed by atoms with Crippen LogP contribution in [-0.2, 0) is 0 Å². The number of aliphatic hydroxyl groups excluding tert-OH is 1. The van der Waals surface area contributed by atoms with Crippen LogP contribution in [0.2, 0.25) is 0 Å². The predicted octanol–water partition coefficient (Wildman–Crippen LogP) is 2.13. The number of rotatable bonds is 4. The third-order valence-electron chi connectivity index (χ3n) is 2.14. The van der Waals surface area contributed by atoms with Gasteiger partial charge in [0.1, 0.15) is 6.07 Å². The van der Waals surface area contributed by atoms with Gasteiger partial charge in [0, 0.05) is 6.04 Å². The Hall–Kier alpha value is -1.53. The highest BCUT2D eigenvalue weighted by Crippen LogP contribution is 2.15. The predicted molar refractivity (Wildman–Crippen MR) is 60.5 cm³/mol. The zero-order chi connectivity index (χ0) is 11.3. The standard InChI is InChI=1S/C12H16N2O/c1-9(7-10(2)15)14-12-6-4-3-5-11(12)8-13/h3-6,9-10,14-15H,7H2,1-2H3. The number of hydrogen-bond donors (Lipinski definition) is 2. The highest BCUT2D eigenvalue weighted by molar-refractivity contribution is 5.57. The quantitative estimate of drug-likeness (QED) is 0.790. The topological polar surface area (TPSA) is 56.0 Å². The summed E-state index contributed by atoms with van der Waals surface area (Å²) in [6.45, 7) is 3.75. The van der Waals surface area contributed by atoms with Crippen LogP contribution in [0.4, 0.5) is 5.69 Å². The Kier molecular flexibility index (Phi) is 4.14. The van der Waals surface area contributed by atoms with Crippen LogP contribution in [0, 0.1) is 11.3 Å². The Morgan fingerprint density at radius 2 is 2.07 bits per heavy atom. The Labute approximate surface area is 90.4 Å². The van der Waals surface area contributed by atoms with E-state index in [-0.39, 0.29) is 12.1 Å². The SMILES string of the molecule is CC(O)CC(C)Nc1ccccc1C#N. The Bertz CT molecular complexity index is 355. The molecule has 3 nitrogen and oxygen atoms in total. The van der Waals surface area contributed by atoms with Gasteiger partial charge in [0.25, 0.3) is 0 Å². The Morgan fingerprint density at radius 3 is 2.67 bits per heavy atom. The molecule has 2 atom stereocenters. The molecule has 1 aromatic rings. The first-order chi connectivity index (χ1) is 7.13. The van der Waals surface area contributed by atoms with Crippen molar-refractivity contribution in [3.05, 3.63) is 29.8 Å². The molecule has 0 amide bonds. The first-order valence-corrected chi connectivity index (χ1v) is 5.07. The van der Waals surface area contributed by atoms with Gasteiger partial charge in [-0.3, -0.25) is 0 Å². The van der Waals surface area contributed by atoms with Gasteiger partial charge in [0.15, 0.2) is 0 Å². The van der Waals surface area contributed by atoms with Crippen molar-refractivity contribution in [2.45, 2.75) is 32.4 Å². The third kappa shape index (κ3) is 3.61. The number of benzene rings is 1. The van der Waals surface area contributed by atoms with E-state index in [0.29, 0.717) is 12.0 Å². The van der Waals surface area contributed by atoms with Crippen molar-refractivity contribution in [1.29, 1.82) is 5.26 Å². The molecule has 1 rings (SSSR count). The van der Waals surface area contributed by atoms with Crippen molar-refractivity contribution in [2.75, 3.05) is 5.32 Å². The summed E-state index contributed by atoms with van der Waals surface area (Å²) in [5.74, 6) is 0. The third-order valence-corrected chi connectivity index (χ3v) is 2.14. The van der Waals surface area contributed by atoms with Crippen molar-refractivity contribution in [2.24, 2.45) is 0 Å². The summed E-state index contributed by atoms with van der Waals surface area (Å²) in [7, 11) is 0. The number of hydrogen-bond acceptors (Lipinski definition) is 3. The van der Waals surface area contributed by atoms with E-state index >= 15 is 0 Å². The molecule has 0 heterocycles. The van der Waals surface area contributed by atoms with E-state index in [2.05, 4.69) is 11.4 Å². The second kappa shape index (κ2) is 5.38. The van der Waals surface area contributed by atoms with Crippen molar-refractivity contribution in [3.63, 3.8) is 0 Å². The van der Waals surface area contributed by atoms with E-state index in [0.717, 1.165) is 5.69 Å². The molecule has 0 radical (unpaired) electrons. The average Bonchev–Trinajstić information content (AvgIpc) is 2.17. The molecule has 0 spiro atoms. The second-order valence-corrected chi connectivity index (χ2v) is 3.79. The molecule has 0 saturated carbocycles. The summed E-state index contributed by atoms with van der Waals surface area (Å²) < 4.78 is 0. The molecule has 0 aliphatic carbocycles. The average molecular weight is 204 g/mol. The molecule has 3 heteroatoms. The van der Waals surface area contributed by atoms with Gasteiger partial charge < -0.3 is 10.4 Å². The molecular formula is C12H16N2O. The highest BCUT2D eigenvalue weighted by Gasteiger charge is 2.07. The zero-order valence-corrected chi connectivity index (χ0v) is 9.07. The Balaban J connectivity index is 2.68. The maximum Gasteiger partial charge on any atom is 0.101 e. The van der Waals surface area contributed by atoms with E-state index < -0.39 is 0 Å². The molecule has 2 N–H and O–H groups in total. The summed E-state index contributed by atoms with van der Waals surface area (Å²) in [5.41, 5.74) is 1.46. The van der Waals surface area contributed by atoms with Crippen LogP contribution < -0.4 is 5.32 Å². The van der Waals surface area contributed by atoms with Crippen LogP contribution in [0.25, 0.3) is 0 Å². The van der Waals surface area contributed by atoms with Gasteiger partial charge in [0.05, 0.1) is 17.4 Å². The molecule has 1 aromatic carbocycles. The van der Waals surface area contributed by atoms with Gasteiger partial charge in [-0.2, -0.15) is 5.26 Å². The lowest BCUT2D eigenvalue weighted by Gasteiger charge is -2.17. The number of nitrogens with zero attached hydrogens (tertiary/aromatic N) is 1. The van der Waals surface area contributed by atoms with Gasteiger partial charge in [-0.15, -0.1) is 0 Å². The lowest BCUT2D eigenvalue weighted by Crippen LogP contribution is -2.21. The second-order valence-electron chi connectivity index (χ2n) is 3.79. The maximum atomic E-state index is 9.22. The zero-order valence-electron chi connectivity index (χ0n) is 9.07. The van der Waals surface area contributed by atoms with E-state index in [1.165, 1.54) is 0 Å². The van der Waals surface area contributed by atoms with Crippen LogP contribution >= 0.6 is 0 Å². The first kappa shape index (κ1) is 11.5. The molecule has 0 fully saturated rings. The minimum atomic E-state index is -0.332. The lowest BCUT2D eigenvalue weighted by atomic mass is 10.1. The van der Waals surface area contributed by atoms with Crippen molar-refractivity contribution in [1.82, 2.24) is 0 Å². The molecule has 0 aromatic heterocycles. The monoisotopic (exact) mass is 204 g/mol. The van der Waals surface area contributed by atoms with Gasteiger partial charge in [-0.25, -0.2) is 0 Å². The highest BCUT2D eigenvalue weighted by atomic mass is 16.3. The number of anilines is 1. The maximum absolute atomic E-state index is 9.22. The number of nitriles is 1. The summed E-state index contributed by atoms with van der Waals surface area (Å²) in [5, 5.41) is 21.3. The summed E-state index contributed by atoms with van der Waals surface area (Å²) in [6, 6.07) is 9.65. The lowest BCUT2D eigenvalue weighted by molar-refractivity contribution is 0.179. The van der Waals surface area contributed by atoms with Crippen LogP contribution in [0.5, 0.6) is 0 Å². The minimum absolute atomic E-state index is 0.152. The summed E-state index contributed by atoms with van der Waals surface area (Å²) >= 11 is 0. The largest absolute Gasteiger partial charge is 0.393 e. The fraction of sp³-hybridized carbons (Fsp3) is 0.417. The first-order valence-electron chi connectivity index (χ1n) is 5.07. The summed E-state index contributed by atoms with van der Waals surface area (Å²) in [4.78, 5) is 0. The van der Waals surface area contributed by atoms with E-state index in [9.17, 15) is 5.11 Å². The van der Waals surface area contributed by atoms with E-state index in [4.69, 9.17) is 5.26 Å². The van der Waals surface area contributed by atoms with Crippen LogP contribution in [0.15, 0.2) is 24.3 Å². The molecule has 0 aliphatic rings. The molecule has 15 heavy (non-hydrogen) atoms. The minimum Gasteiger partial charge on any atom is -0.393 e. The van der Waals surface area contributed by atoms with Gasteiger partial charge in [0.2, 0.25) is 0 Å². The molecule has 80 valence electrons. The fourth-order valence-corrected chi connectivity index (χ4v) is 1.54. The normalized spacial score (nSPS) is 14.0. The fourth-order valence-electron chi connectivity index (χ4n) is 1.54. The van der Waals surface area contributed by atoms with Crippen molar-refractivity contribution in [3.8, 4) is 6.07 Å². The van der Waals surface area contributed by atoms with Gasteiger partial charge in [-0.05, 0) is 32.4 Å². The van der Waals surface area contributed by atoms with E-state index in [1.807, 2.05) is 25.1 Å². The van der Waals surface area contributed by atoms with Gasteiger partial charge in [-0.1, -0.05) is 12.1 Å². The Morgan fingerprint density at radius 1 is 1.40 bits per heavy atom. The number of para-hydroxylation sites is 1. The van der Waals surface area contributed by atoms with E-state index in [1.54, 1.807) is 13.0 Å². The van der Waals surface area contributed by atoms with Crippen LogP contribution in [0.3, 0.4) is 0 Å². The number of nitrogens with one attached hydrogen (secondary N) is 1. The molecular weight excluding hydrogens is 188 g/mol. The van der Waals surface area contributed by atoms with Crippen LogP contribution in [-0.4, -0.2) is 17.3 Å². The molecule has 2 unspecified atom stereocenters.